The van der Waals surface area contributed by atoms with Gasteiger partial charge < -0.3 is 16.0 Å². The van der Waals surface area contributed by atoms with Crippen LogP contribution in [0.1, 0.15) is 43.0 Å². The van der Waals surface area contributed by atoms with Crippen molar-refractivity contribution in [2.75, 3.05) is 18.4 Å². The second-order valence-corrected chi connectivity index (χ2v) is 5.29. The predicted molar refractivity (Wildman–Crippen MR) is 83.3 cm³/mol. The Bertz CT molecular complexity index is 494. The molecule has 1 aliphatic heterocycles. The van der Waals surface area contributed by atoms with Crippen LogP contribution in [0.25, 0.3) is 0 Å². The van der Waals surface area contributed by atoms with Gasteiger partial charge in [0, 0.05) is 17.8 Å². The molecule has 114 valence electrons. The first kappa shape index (κ1) is 15.5. The van der Waals surface area contributed by atoms with E-state index in [9.17, 15) is 9.59 Å². The fraction of sp³-hybridized carbons (Fsp3) is 0.500. The summed E-state index contributed by atoms with van der Waals surface area (Å²) in [6, 6.07) is 6.89. The number of benzene rings is 1. The number of carbonyl (C=O) groups is 2. The van der Waals surface area contributed by atoms with Gasteiger partial charge in [0.2, 0.25) is 5.91 Å². The summed E-state index contributed by atoms with van der Waals surface area (Å²) in [4.78, 5) is 24.0. The van der Waals surface area contributed by atoms with Crippen LogP contribution in [0.15, 0.2) is 24.3 Å². The molecule has 1 aromatic carbocycles. The summed E-state index contributed by atoms with van der Waals surface area (Å²) in [6.45, 7) is 3.35. The predicted octanol–water partition coefficient (Wildman–Crippen LogP) is 1.91. The first-order valence-corrected chi connectivity index (χ1v) is 7.63. The summed E-state index contributed by atoms with van der Waals surface area (Å²) in [5.74, 6) is -0.147. The second kappa shape index (κ2) is 7.78. The molecule has 1 unspecified atom stereocenters. The van der Waals surface area contributed by atoms with Crippen molar-refractivity contribution >= 4 is 17.5 Å². The van der Waals surface area contributed by atoms with E-state index in [2.05, 4.69) is 16.0 Å². The van der Waals surface area contributed by atoms with Gasteiger partial charge in [0.15, 0.2) is 0 Å². The zero-order chi connectivity index (χ0) is 15.1. The lowest BCUT2D eigenvalue weighted by Crippen LogP contribution is -2.39. The Kier molecular flexibility index (Phi) is 5.75. The number of rotatable bonds is 4. The maximum atomic E-state index is 12.3. The normalized spacial score (nSPS) is 18.6. The molecule has 0 radical (unpaired) electrons. The van der Waals surface area contributed by atoms with E-state index in [0.717, 1.165) is 25.8 Å². The van der Waals surface area contributed by atoms with Gasteiger partial charge >= 0.3 is 0 Å². The van der Waals surface area contributed by atoms with Crippen LogP contribution >= 0.6 is 0 Å². The van der Waals surface area contributed by atoms with E-state index >= 15 is 0 Å². The van der Waals surface area contributed by atoms with Crippen molar-refractivity contribution in [3.63, 3.8) is 0 Å². The van der Waals surface area contributed by atoms with Crippen molar-refractivity contribution < 1.29 is 9.59 Å². The lowest BCUT2D eigenvalue weighted by Gasteiger charge is -2.16. The number of carbonyl (C=O) groups excluding carboxylic acids is 2. The Labute approximate surface area is 125 Å². The zero-order valence-corrected chi connectivity index (χ0v) is 12.4. The number of hydrogen-bond acceptors (Lipinski definition) is 3. The first-order chi connectivity index (χ1) is 10.2. The highest BCUT2D eigenvalue weighted by Gasteiger charge is 2.19. The van der Waals surface area contributed by atoms with Crippen molar-refractivity contribution in [2.45, 2.75) is 38.6 Å². The summed E-state index contributed by atoms with van der Waals surface area (Å²) in [5, 5.41) is 8.91. The minimum absolute atomic E-state index is 0.0232. The zero-order valence-electron chi connectivity index (χ0n) is 12.4. The molecule has 0 spiro atoms. The largest absolute Gasteiger partial charge is 0.352 e. The monoisotopic (exact) mass is 289 g/mol. The van der Waals surface area contributed by atoms with Crippen molar-refractivity contribution in [3.8, 4) is 0 Å². The van der Waals surface area contributed by atoms with Crippen LogP contribution in [0.2, 0.25) is 0 Å². The van der Waals surface area contributed by atoms with Crippen molar-refractivity contribution in [2.24, 2.45) is 0 Å². The van der Waals surface area contributed by atoms with Crippen molar-refractivity contribution in [1.29, 1.82) is 0 Å². The first-order valence-electron chi connectivity index (χ1n) is 7.63. The Morgan fingerprint density at radius 2 is 2.14 bits per heavy atom. The van der Waals surface area contributed by atoms with Crippen LogP contribution in [0.3, 0.4) is 0 Å². The summed E-state index contributed by atoms with van der Waals surface area (Å²) < 4.78 is 0. The standard InChI is InChI=1S/C16H23N3O2/c1-2-17-15(20)12-7-6-8-13(11-12)19-16(21)14-9-4-3-5-10-18-14/h6-8,11,14,18H,2-5,9-10H2,1H3,(H,17,20)(H,19,21). The van der Waals surface area contributed by atoms with Gasteiger partial charge in [0.05, 0.1) is 6.04 Å². The topological polar surface area (TPSA) is 70.2 Å². The average Bonchev–Trinajstić information content (AvgIpc) is 2.77. The quantitative estimate of drug-likeness (QED) is 0.793. The van der Waals surface area contributed by atoms with E-state index in [-0.39, 0.29) is 17.9 Å². The minimum Gasteiger partial charge on any atom is -0.352 e. The minimum atomic E-state index is -0.138. The molecule has 21 heavy (non-hydrogen) atoms. The van der Waals surface area contributed by atoms with E-state index in [1.165, 1.54) is 6.42 Å². The maximum Gasteiger partial charge on any atom is 0.251 e. The molecule has 0 aromatic heterocycles. The van der Waals surface area contributed by atoms with Crippen molar-refractivity contribution in [1.82, 2.24) is 10.6 Å². The van der Waals surface area contributed by atoms with Gasteiger partial charge in [-0.3, -0.25) is 9.59 Å². The maximum absolute atomic E-state index is 12.3. The molecule has 5 heteroatoms. The average molecular weight is 289 g/mol. The summed E-state index contributed by atoms with van der Waals surface area (Å²) in [7, 11) is 0. The number of hydrogen-bond donors (Lipinski definition) is 3. The molecular formula is C16H23N3O2. The molecule has 2 amide bonds. The number of amides is 2. The molecule has 5 nitrogen and oxygen atoms in total. The lowest BCUT2D eigenvalue weighted by atomic mass is 10.1. The molecule has 1 saturated heterocycles. The molecule has 0 bridgehead atoms. The smallest absolute Gasteiger partial charge is 0.251 e. The highest BCUT2D eigenvalue weighted by atomic mass is 16.2. The van der Waals surface area contributed by atoms with Crippen LogP contribution in [0.4, 0.5) is 5.69 Å². The van der Waals surface area contributed by atoms with E-state index in [4.69, 9.17) is 0 Å². The summed E-state index contributed by atoms with van der Waals surface area (Å²) in [5.41, 5.74) is 1.22. The Morgan fingerprint density at radius 1 is 1.29 bits per heavy atom. The molecule has 1 aliphatic rings. The Balaban J connectivity index is 2.00. The molecule has 3 N–H and O–H groups in total. The van der Waals surface area contributed by atoms with E-state index in [1.54, 1.807) is 24.3 Å². The summed E-state index contributed by atoms with van der Waals surface area (Å²) >= 11 is 0. The van der Waals surface area contributed by atoms with Crippen LogP contribution in [-0.2, 0) is 4.79 Å². The van der Waals surface area contributed by atoms with Gasteiger partial charge in [-0.25, -0.2) is 0 Å². The fourth-order valence-corrected chi connectivity index (χ4v) is 2.48. The highest BCUT2D eigenvalue weighted by Crippen LogP contribution is 2.14. The highest BCUT2D eigenvalue weighted by molar-refractivity contribution is 5.98. The third kappa shape index (κ3) is 4.56. The second-order valence-electron chi connectivity index (χ2n) is 5.29. The Hall–Kier alpha value is -1.88. The molecule has 1 aromatic rings. The number of anilines is 1. The molecule has 1 atom stereocenters. The van der Waals surface area contributed by atoms with Crippen LogP contribution < -0.4 is 16.0 Å². The fourth-order valence-electron chi connectivity index (χ4n) is 2.48. The van der Waals surface area contributed by atoms with Crippen LogP contribution in [-0.4, -0.2) is 30.9 Å². The molecule has 0 saturated carbocycles. The molecular weight excluding hydrogens is 266 g/mol. The molecule has 1 fully saturated rings. The third-order valence-electron chi connectivity index (χ3n) is 3.61. The van der Waals surface area contributed by atoms with Gasteiger partial charge in [-0.1, -0.05) is 18.9 Å². The van der Waals surface area contributed by atoms with Gasteiger partial charge in [-0.15, -0.1) is 0 Å². The molecule has 2 rings (SSSR count). The SMILES string of the molecule is CCNC(=O)c1cccc(NC(=O)C2CCCCCN2)c1. The third-order valence-corrected chi connectivity index (χ3v) is 3.61. The van der Waals surface area contributed by atoms with Gasteiger partial charge in [0.1, 0.15) is 0 Å². The van der Waals surface area contributed by atoms with E-state index < -0.39 is 0 Å². The molecule has 0 aliphatic carbocycles. The van der Waals surface area contributed by atoms with E-state index in [1.807, 2.05) is 6.92 Å². The van der Waals surface area contributed by atoms with Gasteiger partial charge in [-0.05, 0) is 44.5 Å². The van der Waals surface area contributed by atoms with E-state index in [0.29, 0.717) is 17.8 Å². The van der Waals surface area contributed by atoms with Gasteiger partial charge in [0.25, 0.3) is 5.91 Å². The van der Waals surface area contributed by atoms with Crippen molar-refractivity contribution in [3.05, 3.63) is 29.8 Å². The molecule has 1 heterocycles. The van der Waals surface area contributed by atoms with Gasteiger partial charge in [-0.2, -0.15) is 0 Å². The Morgan fingerprint density at radius 3 is 2.95 bits per heavy atom. The lowest BCUT2D eigenvalue weighted by molar-refractivity contribution is -0.118. The van der Waals surface area contributed by atoms with Crippen LogP contribution in [0, 0.1) is 0 Å². The number of nitrogens with one attached hydrogen (secondary N) is 3. The van der Waals surface area contributed by atoms with Crippen LogP contribution in [0.5, 0.6) is 0 Å². The summed E-state index contributed by atoms with van der Waals surface area (Å²) in [6.07, 6.45) is 4.23.